The Hall–Kier alpha value is -1.51. The number of ether oxygens (including phenoxy) is 2. The van der Waals surface area contributed by atoms with E-state index in [1.807, 2.05) is 6.92 Å². The van der Waals surface area contributed by atoms with Gasteiger partial charge in [0.25, 0.3) is 0 Å². The van der Waals surface area contributed by atoms with Crippen LogP contribution in [0.5, 0.6) is 0 Å². The van der Waals surface area contributed by atoms with Gasteiger partial charge in [0.05, 0.1) is 7.11 Å². The van der Waals surface area contributed by atoms with Gasteiger partial charge in [-0.1, -0.05) is 23.8 Å². The highest BCUT2D eigenvalue weighted by Gasteiger charge is 2.36. The standard InChI is InChI=1S/C13H16O3/c1-9-4-5-10-7-13(2,8-11(10)6-9)16-12(14)15-3/h4-6H,7-8H2,1-3H3/t13-/m1/s1. The second-order valence-corrected chi connectivity index (χ2v) is 4.63. The number of methoxy groups -OCH3 is 1. The van der Waals surface area contributed by atoms with E-state index in [9.17, 15) is 4.79 Å². The van der Waals surface area contributed by atoms with Crippen molar-refractivity contribution in [2.24, 2.45) is 0 Å². The van der Waals surface area contributed by atoms with Crippen molar-refractivity contribution in [3.05, 3.63) is 34.9 Å². The lowest BCUT2D eigenvalue weighted by molar-refractivity contribution is -0.0112. The molecule has 0 saturated heterocycles. The zero-order valence-corrected chi connectivity index (χ0v) is 9.87. The van der Waals surface area contributed by atoms with E-state index in [0.717, 1.165) is 12.8 Å². The van der Waals surface area contributed by atoms with Crippen LogP contribution in [0.4, 0.5) is 4.79 Å². The molecule has 3 heteroatoms. The van der Waals surface area contributed by atoms with Gasteiger partial charge in [0.15, 0.2) is 0 Å². The van der Waals surface area contributed by atoms with Gasteiger partial charge in [-0.15, -0.1) is 0 Å². The van der Waals surface area contributed by atoms with Gasteiger partial charge in [-0.25, -0.2) is 4.79 Å². The predicted octanol–water partition coefficient (Wildman–Crippen LogP) is 2.64. The summed E-state index contributed by atoms with van der Waals surface area (Å²) in [5.74, 6) is 0. The SMILES string of the molecule is COC(=O)O[C@]1(C)Cc2ccc(C)cc2C1. The minimum absolute atomic E-state index is 0.455. The molecule has 1 aliphatic rings. The average Bonchev–Trinajstić information content (AvgIpc) is 2.53. The van der Waals surface area contributed by atoms with Crippen molar-refractivity contribution in [1.29, 1.82) is 0 Å². The molecule has 3 nitrogen and oxygen atoms in total. The van der Waals surface area contributed by atoms with Crippen molar-refractivity contribution < 1.29 is 14.3 Å². The Kier molecular flexibility index (Phi) is 2.62. The van der Waals surface area contributed by atoms with Gasteiger partial charge >= 0.3 is 6.16 Å². The summed E-state index contributed by atoms with van der Waals surface area (Å²) in [5, 5.41) is 0. The number of rotatable bonds is 1. The van der Waals surface area contributed by atoms with E-state index in [0.29, 0.717) is 0 Å². The molecule has 0 bridgehead atoms. The van der Waals surface area contributed by atoms with E-state index >= 15 is 0 Å². The van der Waals surface area contributed by atoms with Crippen LogP contribution in [-0.4, -0.2) is 18.9 Å². The van der Waals surface area contributed by atoms with Crippen molar-refractivity contribution >= 4 is 6.16 Å². The smallest absolute Gasteiger partial charge is 0.438 e. The summed E-state index contributed by atoms with van der Waals surface area (Å²) in [7, 11) is 1.33. The average molecular weight is 220 g/mol. The van der Waals surface area contributed by atoms with Crippen LogP contribution in [0.15, 0.2) is 18.2 Å². The maximum atomic E-state index is 11.1. The molecule has 0 fully saturated rings. The van der Waals surface area contributed by atoms with Gasteiger partial charge < -0.3 is 9.47 Å². The van der Waals surface area contributed by atoms with Gasteiger partial charge in [0, 0.05) is 12.8 Å². The maximum absolute atomic E-state index is 11.1. The van der Waals surface area contributed by atoms with E-state index < -0.39 is 11.8 Å². The fraction of sp³-hybridized carbons (Fsp3) is 0.462. The van der Waals surface area contributed by atoms with Gasteiger partial charge in [0.1, 0.15) is 5.60 Å². The Morgan fingerprint density at radius 3 is 2.69 bits per heavy atom. The van der Waals surface area contributed by atoms with Gasteiger partial charge in [-0.05, 0) is 25.0 Å². The molecule has 0 radical (unpaired) electrons. The number of carbonyl (C=O) groups is 1. The Balaban J connectivity index is 2.17. The second kappa shape index (κ2) is 3.81. The van der Waals surface area contributed by atoms with E-state index in [2.05, 4.69) is 29.9 Å². The van der Waals surface area contributed by atoms with Crippen molar-refractivity contribution in [1.82, 2.24) is 0 Å². The molecule has 1 atom stereocenters. The van der Waals surface area contributed by atoms with Crippen LogP contribution >= 0.6 is 0 Å². The zero-order valence-electron chi connectivity index (χ0n) is 9.87. The monoisotopic (exact) mass is 220 g/mol. The molecule has 16 heavy (non-hydrogen) atoms. The highest BCUT2D eigenvalue weighted by Crippen LogP contribution is 2.33. The lowest BCUT2D eigenvalue weighted by Gasteiger charge is -2.22. The number of hydrogen-bond acceptors (Lipinski definition) is 3. The Morgan fingerprint density at radius 2 is 2.00 bits per heavy atom. The molecule has 1 aromatic carbocycles. The molecule has 1 aliphatic carbocycles. The first-order chi connectivity index (χ1) is 7.52. The van der Waals surface area contributed by atoms with E-state index in [1.54, 1.807) is 0 Å². The number of aryl methyl sites for hydroxylation is 1. The molecule has 0 amide bonds. The first kappa shape index (κ1) is 11.0. The van der Waals surface area contributed by atoms with Crippen molar-refractivity contribution in [2.45, 2.75) is 32.3 Å². The molecule has 2 rings (SSSR count). The fourth-order valence-corrected chi connectivity index (χ4v) is 2.27. The number of hydrogen-bond donors (Lipinski definition) is 0. The second-order valence-electron chi connectivity index (χ2n) is 4.63. The van der Waals surface area contributed by atoms with Crippen LogP contribution in [0.2, 0.25) is 0 Å². The summed E-state index contributed by atoms with van der Waals surface area (Å²) in [6.45, 7) is 4.01. The van der Waals surface area contributed by atoms with E-state index in [-0.39, 0.29) is 0 Å². The maximum Gasteiger partial charge on any atom is 0.508 e. The topological polar surface area (TPSA) is 35.5 Å². The zero-order chi connectivity index (χ0) is 11.8. The predicted molar refractivity (Wildman–Crippen MR) is 60.5 cm³/mol. The molecule has 0 spiro atoms. The third-order valence-corrected chi connectivity index (χ3v) is 2.99. The van der Waals surface area contributed by atoms with Crippen LogP contribution in [0.1, 0.15) is 23.6 Å². The van der Waals surface area contributed by atoms with Gasteiger partial charge in [0.2, 0.25) is 0 Å². The fourth-order valence-electron chi connectivity index (χ4n) is 2.27. The quantitative estimate of drug-likeness (QED) is 0.682. The third kappa shape index (κ3) is 2.03. The molecule has 1 aromatic rings. The number of carbonyl (C=O) groups excluding carboxylic acids is 1. The number of benzene rings is 1. The lowest BCUT2D eigenvalue weighted by atomic mass is 10.0. The Labute approximate surface area is 95.4 Å². The summed E-state index contributed by atoms with van der Waals surface area (Å²) >= 11 is 0. The molecule has 0 N–H and O–H groups in total. The molecule has 86 valence electrons. The highest BCUT2D eigenvalue weighted by molar-refractivity contribution is 5.60. The lowest BCUT2D eigenvalue weighted by Crippen LogP contribution is -2.32. The Bertz CT molecular complexity index is 425. The van der Waals surface area contributed by atoms with Crippen molar-refractivity contribution in [3.8, 4) is 0 Å². The Morgan fingerprint density at radius 1 is 1.31 bits per heavy atom. The molecule has 0 aliphatic heterocycles. The molecular formula is C13H16O3. The van der Waals surface area contributed by atoms with Crippen LogP contribution < -0.4 is 0 Å². The van der Waals surface area contributed by atoms with Crippen molar-refractivity contribution in [2.75, 3.05) is 7.11 Å². The number of fused-ring (bicyclic) bond motifs is 1. The van der Waals surface area contributed by atoms with E-state index in [1.165, 1.54) is 23.8 Å². The van der Waals surface area contributed by atoms with Crippen LogP contribution in [0.25, 0.3) is 0 Å². The van der Waals surface area contributed by atoms with Crippen molar-refractivity contribution in [3.63, 3.8) is 0 Å². The molecule has 0 saturated carbocycles. The summed E-state index contributed by atoms with van der Waals surface area (Å²) in [5.41, 5.74) is 3.31. The molecule has 0 aromatic heterocycles. The first-order valence-electron chi connectivity index (χ1n) is 5.38. The summed E-state index contributed by atoms with van der Waals surface area (Å²) in [6, 6.07) is 6.35. The van der Waals surface area contributed by atoms with Gasteiger partial charge in [-0.2, -0.15) is 0 Å². The normalized spacial score (nSPS) is 22.7. The molecular weight excluding hydrogens is 204 g/mol. The summed E-state index contributed by atoms with van der Waals surface area (Å²) in [6.07, 6.45) is 0.920. The molecule has 0 unspecified atom stereocenters. The van der Waals surface area contributed by atoms with Gasteiger partial charge in [-0.3, -0.25) is 0 Å². The summed E-state index contributed by atoms with van der Waals surface area (Å²) in [4.78, 5) is 11.1. The van der Waals surface area contributed by atoms with E-state index in [4.69, 9.17) is 4.74 Å². The van der Waals surface area contributed by atoms with Crippen LogP contribution in [0.3, 0.4) is 0 Å². The minimum Gasteiger partial charge on any atom is -0.438 e. The highest BCUT2D eigenvalue weighted by atomic mass is 16.7. The van der Waals surface area contributed by atoms with Crippen LogP contribution in [0, 0.1) is 6.92 Å². The third-order valence-electron chi connectivity index (χ3n) is 2.99. The first-order valence-corrected chi connectivity index (χ1v) is 5.38. The summed E-state index contributed by atoms with van der Waals surface area (Å²) < 4.78 is 9.85. The minimum atomic E-state index is -0.605. The largest absolute Gasteiger partial charge is 0.508 e. The molecule has 0 heterocycles. The van der Waals surface area contributed by atoms with Crippen LogP contribution in [-0.2, 0) is 22.3 Å².